The molecule has 0 aliphatic carbocycles. The van der Waals surface area contributed by atoms with Gasteiger partial charge < -0.3 is 14.5 Å². The summed E-state index contributed by atoms with van der Waals surface area (Å²) in [6, 6.07) is 8.03. The molecule has 3 rings (SSSR count). The summed E-state index contributed by atoms with van der Waals surface area (Å²) in [5.41, 5.74) is 2.01. The number of thioether (sulfide) groups is 1. The van der Waals surface area contributed by atoms with E-state index in [9.17, 15) is 4.79 Å². The molecule has 2 aromatic heterocycles. The Morgan fingerprint density at radius 1 is 1.29 bits per heavy atom. The van der Waals surface area contributed by atoms with Crippen LogP contribution in [0.4, 0.5) is 0 Å². The number of aromatic nitrogens is 4. The standard InChI is InChI=1S/C16H18N4O3S/c1-22-8-7-20-15(18-19-16(20)24-10-14(21)23-2)12-9-17-13-6-4-3-5-11(12)13/h3-6,9,17H,7-8,10H2,1-2H3. The van der Waals surface area contributed by atoms with Crippen molar-refractivity contribution in [3.05, 3.63) is 30.5 Å². The van der Waals surface area contributed by atoms with E-state index in [1.165, 1.54) is 18.9 Å². The molecule has 0 saturated carbocycles. The van der Waals surface area contributed by atoms with Crippen LogP contribution in [-0.4, -0.2) is 52.3 Å². The zero-order valence-electron chi connectivity index (χ0n) is 13.5. The Morgan fingerprint density at radius 3 is 2.92 bits per heavy atom. The van der Waals surface area contributed by atoms with Crippen molar-refractivity contribution >= 4 is 28.6 Å². The quantitative estimate of drug-likeness (QED) is 0.522. The number of nitrogens with one attached hydrogen (secondary N) is 1. The fraction of sp³-hybridized carbons (Fsp3) is 0.312. The number of carbonyl (C=O) groups excluding carboxylic acids is 1. The number of methoxy groups -OCH3 is 2. The molecule has 0 spiro atoms. The average molecular weight is 346 g/mol. The smallest absolute Gasteiger partial charge is 0.316 e. The number of esters is 1. The lowest BCUT2D eigenvalue weighted by molar-refractivity contribution is -0.137. The van der Waals surface area contributed by atoms with Crippen molar-refractivity contribution in [1.29, 1.82) is 0 Å². The molecule has 0 amide bonds. The SMILES string of the molecule is COCCn1c(SCC(=O)OC)nnc1-c1c[nH]c2ccccc12. The van der Waals surface area contributed by atoms with Gasteiger partial charge in [0, 0.05) is 29.8 Å². The molecule has 0 fully saturated rings. The van der Waals surface area contributed by atoms with Gasteiger partial charge in [-0.1, -0.05) is 30.0 Å². The first-order valence-electron chi connectivity index (χ1n) is 7.43. The average Bonchev–Trinajstić information content (AvgIpc) is 3.21. The third kappa shape index (κ3) is 3.29. The monoisotopic (exact) mass is 346 g/mol. The topological polar surface area (TPSA) is 82.0 Å². The zero-order chi connectivity index (χ0) is 16.9. The highest BCUT2D eigenvalue weighted by molar-refractivity contribution is 7.99. The van der Waals surface area contributed by atoms with Crippen LogP contribution in [0.15, 0.2) is 35.6 Å². The molecular weight excluding hydrogens is 328 g/mol. The van der Waals surface area contributed by atoms with E-state index in [4.69, 9.17) is 4.74 Å². The molecule has 7 nitrogen and oxygen atoms in total. The van der Waals surface area contributed by atoms with E-state index in [2.05, 4.69) is 19.9 Å². The first kappa shape index (κ1) is 16.5. The van der Waals surface area contributed by atoms with Gasteiger partial charge in [-0.15, -0.1) is 10.2 Å². The van der Waals surface area contributed by atoms with Gasteiger partial charge in [0.15, 0.2) is 11.0 Å². The molecule has 0 saturated heterocycles. The Bertz CT molecular complexity index is 843. The molecule has 0 aliphatic heterocycles. The van der Waals surface area contributed by atoms with Crippen LogP contribution < -0.4 is 0 Å². The summed E-state index contributed by atoms with van der Waals surface area (Å²) in [5, 5.41) is 10.3. The predicted molar refractivity (Wildman–Crippen MR) is 91.9 cm³/mol. The molecule has 1 N–H and O–H groups in total. The lowest BCUT2D eigenvalue weighted by Crippen LogP contribution is -2.09. The van der Waals surface area contributed by atoms with E-state index in [0.717, 1.165) is 22.3 Å². The van der Waals surface area contributed by atoms with Crippen molar-refractivity contribution in [2.45, 2.75) is 11.7 Å². The molecule has 2 heterocycles. The third-order valence-corrected chi connectivity index (χ3v) is 4.55. The van der Waals surface area contributed by atoms with Crippen LogP contribution in [0.25, 0.3) is 22.3 Å². The first-order chi connectivity index (χ1) is 11.7. The Kier molecular flexibility index (Phi) is 5.17. The number of nitrogens with zero attached hydrogens (tertiary/aromatic N) is 3. The number of para-hydroxylation sites is 1. The normalized spacial score (nSPS) is 11.1. The molecular formula is C16H18N4O3S. The Labute approximate surface area is 143 Å². The third-order valence-electron chi connectivity index (χ3n) is 3.61. The molecule has 0 unspecified atom stereocenters. The van der Waals surface area contributed by atoms with Crippen molar-refractivity contribution in [2.24, 2.45) is 0 Å². The molecule has 8 heteroatoms. The highest BCUT2D eigenvalue weighted by atomic mass is 32.2. The maximum absolute atomic E-state index is 11.4. The highest BCUT2D eigenvalue weighted by Gasteiger charge is 2.18. The molecule has 0 radical (unpaired) electrons. The number of hydrogen-bond acceptors (Lipinski definition) is 6. The largest absolute Gasteiger partial charge is 0.468 e. The molecule has 0 bridgehead atoms. The van der Waals surface area contributed by atoms with E-state index in [1.54, 1.807) is 7.11 Å². The molecule has 24 heavy (non-hydrogen) atoms. The van der Waals surface area contributed by atoms with Gasteiger partial charge in [0.25, 0.3) is 0 Å². The predicted octanol–water partition coefficient (Wildman–Crippen LogP) is 2.34. The minimum absolute atomic E-state index is 0.190. The van der Waals surface area contributed by atoms with E-state index >= 15 is 0 Å². The van der Waals surface area contributed by atoms with Crippen LogP contribution >= 0.6 is 11.8 Å². The summed E-state index contributed by atoms with van der Waals surface area (Å²) in [4.78, 5) is 14.6. The van der Waals surface area contributed by atoms with Gasteiger partial charge in [0.1, 0.15) is 0 Å². The number of fused-ring (bicyclic) bond motifs is 1. The van der Waals surface area contributed by atoms with Crippen molar-refractivity contribution < 1.29 is 14.3 Å². The lowest BCUT2D eigenvalue weighted by atomic mass is 10.1. The maximum Gasteiger partial charge on any atom is 0.316 e. The number of benzene rings is 1. The fourth-order valence-electron chi connectivity index (χ4n) is 2.42. The van der Waals surface area contributed by atoms with Crippen molar-refractivity contribution in [3.63, 3.8) is 0 Å². The zero-order valence-corrected chi connectivity index (χ0v) is 14.3. The van der Waals surface area contributed by atoms with Gasteiger partial charge >= 0.3 is 5.97 Å². The van der Waals surface area contributed by atoms with Crippen LogP contribution in [0.1, 0.15) is 0 Å². The van der Waals surface area contributed by atoms with Crippen molar-refractivity contribution in [3.8, 4) is 11.4 Å². The van der Waals surface area contributed by atoms with Gasteiger partial charge in [0.05, 0.1) is 26.0 Å². The number of H-pyrrole nitrogens is 1. The van der Waals surface area contributed by atoms with Crippen LogP contribution in [0.2, 0.25) is 0 Å². The minimum atomic E-state index is -0.296. The molecule has 1 aromatic carbocycles. The molecule has 126 valence electrons. The summed E-state index contributed by atoms with van der Waals surface area (Å²) in [6.45, 7) is 1.13. The van der Waals surface area contributed by atoms with Gasteiger partial charge in [0.2, 0.25) is 0 Å². The van der Waals surface area contributed by atoms with Gasteiger partial charge in [-0.2, -0.15) is 0 Å². The Morgan fingerprint density at radius 2 is 2.12 bits per heavy atom. The van der Waals surface area contributed by atoms with Gasteiger partial charge in [-0.25, -0.2) is 0 Å². The molecule has 0 aliphatic rings. The van der Waals surface area contributed by atoms with E-state index in [-0.39, 0.29) is 11.7 Å². The van der Waals surface area contributed by atoms with Crippen LogP contribution in [0.5, 0.6) is 0 Å². The number of rotatable bonds is 7. The summed E-state index contributed by atoms with van der Waals surface area (Å²) in [7, 11) is 3.02. The lowest BCUT2D eigenvalue weighted by Gasteiger charge is -2.09. The van der Waals surface area contributed by atoms with Gasteiger partial charge in [-0.3, -0.25) is 9.36 Å². The Hall–Kier alpha value is -2.32. The van der Waals surface area contributed by atoms with E-state index < -0.39 is 0 Å². The summed E-state index contributed by atoms with van der Waals surface area (Å²) in [5.74, 6) is 0.641. The molecule has 0 atom stereocenters. The highest BCUT2D eigenvalue weighted by Crippen LogP contribution is 2.29. The van der Waals surface area contributed by atoms with Crippen molar-refractivity contribution in [1.82, 2.24) is 19.7 Å². The number of aromatic amines is 1. The second-order valence-corrected chi connectivity index (χ2v) is 6.01. The summed E-state index contributed by atoms with van der Waals surface area (Å²) < 4.78 is 11.8. The Balaban J connectivity index is 1.97. The van der Waals surface area contributed by atoms with E-state index in [0.29, 0.717) is 18.3 Å². The molecule has 3 aromatic rings. The number of carbonyl (C=O) groups is 1. The second kappa shape index (κ2) is 7.50. The van der Waals surface area contributed by atoms with Crippen LogP contribution in [-0.2, 0) is 20.8 Å². The summed E-state index contributed by atoms with van der Waals surface area (Å²) in [6.07, 6.45) is 1.92. The summed E-state index contributed by atoms with van der Waals surface area (Å²) >= 11 is 1.30. The van der Waals surface area contributed by atoms with Gasteiger partial charge in [-0.05, 0) is 6.07 Å². The first-order valence-corrected chi connectivity index (χ1v) is 8.41. The number of hydrogen-bond donors (Lipinski definition) is 1. The minimum Gasteiger partial charge on any atom is -0.468 e. The maximum atomic E-state index is 11.4. The number of ether oxygens (including phenoxy) is 2. The fourth-order valence-corrected chi connectivity index (χ4v) is 3.21. The van der Waals surface area contributed by atoms with Crippen LogP contribution in [0.3, 0.4) is 0 Å². The second-order valence-electron chi connectivity index (χ2n) is 5.06. The van der Waals surface area contributed by atoms with Crippen molar-refractivity contribution in [2.75, 3.05) is 26.6 Å². The van der Waals surface area contributed by atoms with Crippen LogP contribution in [0, 0.1) is 0 Å². The van der Waals surface area contributed by atoms with E-state index in [1.807, 2.05) is 35.0 Å².